The average molecular weight is 676 g/mol. The van der Waals surface area contributed by atoms with E-state index in [-0.39, 0.29) is 5.75 Å². The van der Waals surface area contributed by atoms with Gasteiger partial charge in [-0.2, -0.15) is 0 Å². The van der Waals surface area contributed by atoms with Crippen molar-refractivity contribution in [3.05, 3.63) is 53.6 Å². The minimum absolute atomic E-state index is 0.0333. The standard InChI is InChI=1S/C38H63N2O6S/c1-8-13-21-38(22-14-9-2)30-47(42,43)35-20-17-32(39(6)7)29-34(35)36(37(38)41)31-15-18-33(19-16-31)46-28-27-45-26-25-44-24-23-40(10-3,11-4)12-5/h15-20,29,36-37,41H,8-14,21-28,30H2,1-7H3/q+1. The van der Waals surface area contributed by atoms with Crippen LogP contribution < -0.4 is 9.64 Å². The Kier molecular flexibility index (Phi) is 15.5. The summed E-state index contributed by atoms with van der Waals surface area (Å²) >= 11 is 0. The first-order chi connectivity index (χ1) is 22.5. The summed E-state index contributed by atoms with van der Waals surface area (Å²) in [6.45, 7) is 18.1. The number of nitrogens with zero attached hydrogens (tertiary/aromatic N) is 2. The van der Waals surface area contributed by atoms with E-state index in [1.807, 2.05) is 55.4 Å². The Morgan fingerprint density at radius 2 is 1.40 bits per heavy atom. The number of hydrogen-bond acceptors (Lipinski definition) is 7. The highest BCUT2D eigenvalue weighted by molar-refractivity contribution is 7.91. The van der Waals surface area contributed by atoms with Gasteiger partial charge in [0.25, 0.3) is 0 Å². The van der Waals surface area contributed by atoms with Crippen molar-refractivity contribution in [1.82, 2.24) is 0 Å². The molecule has 9 heteroatoms. The van der Waals surface area contributed by atoms with Crippen molar-refractivity contribution in [3.63, 3.8) is 0 Å². The fourth-order valence-corrected chi connectivity index (χ4v) is 9.30. The molecule has 0 aromatic heterocycles. The molecule has 266 valence electrons. The predicted molar refractivity (Wildman–Crippen MR) is 192 cm³/mol. The summed E-state index contributed by atoms with van der Waals surface area (Å²) < 4.78 is 46.7. The van der Waals surface area contributed by atoms with Crippen molar-refractivity contribution >= 4 is 15.5 Å². The number of fused-ring (bicyclic) bond motifs is 1. The summed E-state index contributed by atoms with van der Waals surface area (Å²) in [7, 11) is 0.263. The van der Waals surface area contributed by atoms with Crippen molar-refractivity contribution in [1.29, 1.82) is 0 Å². The summed E-state index contributed by atoms with van der Waals surface area (Å²) in [4.78, 5) is 2.31. The molecule has 0 aliphatic carbocycles. The Labute approximate surface area is 285 Å². The molecule has 2 atom stereocenters. The Hall–Kier alpha value is -2.17. The molecular weight excluding hydrogens is 612 g/mol. The van der Waals surface area contributed by atoms with E-state index in [0.717, 1.165) is 74.2 Å². The Bertz CT molecular complexity index is 1290. The SMILES string of the molecule is CCCCC1(CCCC)CS(=O)(=O)c2ccc(N(C)C)cc2C(c2ccc(OCCOCCOCC[N+](CC)(CC)CC)cc2)C1O. The van der Waals surface area contributed by atoms with Crippen molar-refractivity contribution in [2.24, 2.45) is 5.41 Å². The van der Waals surface area contributed by atoms with Gasteiger partial charge in [-0.25, -0.2) is 8.42 Å². The van der Waals surface area contributed by atoms with Crippen LogP contribution in [0.25, 0.3) is 0 Å². The third-order valence-electron chi connectivity index (χ3n) is 10.5. The zero-order valence-electron chi connectivity index (χ0n) is 30.3. The number of ether oxygens (including phenoxy) is 3. The Morgan fingerprint density at radius 3 is 1.96 bits per heavy atom. The summed E-state index contributed by atoms with van der Waals surface area (Å²) in [5.41, 5.74) is 1.74. The van der Waals surface area contributed by atoms with Crippen molar-refractivity contribution in [3.8, 4) is 5.75 Å². The van der Waals surface area contributed by atoms with Crippen LogP contribution in [0.4, 0.5) is 5.69 Å². The van der Waals surface area contributed by atoms with Crippen LogP contribution >= 0.6 is 0 Å². The van der Waals surface area contributed by atoms with E-state index < -0.39 is 27.3 Å². The van der Waals surface area contributed by atoms with Crippen LogP contribution in [0.5, 0.6) is 5.75 Å². The van der Waals surface area contributed by atoms with E-state index >= 15 is 0 Å². The molecule has 1 aliphatic rings. The largest absolute Gasteiger partial charge is 0.491 e. The highest BCUT2D eigenvalue weighted by atomic mass is 32.2. The molecule has 2 unspecified atom stereocenters. The van der Waals surface area contributed by atoms with Crippen molar-refractivity contribution in [2.75, 3.05) is 84.0 Å². The van der Waals surface area contributed by atoms with Gasteiger partial charge in [0.05, 0.1) is 62.8 Å². The number of aliphatic hydroxyl groups excluding tert-OH is 1. The smallest absolute Gasteiger partial charge is 0.179 e. The molecule has 0 amide bonds. The minimum Gasteiger partial charge on any atom is -0.491 e. The number of aliphatic hydroxyl groups is 1. The number of sulfone groups is 1. The van der Waals surface area contributed by atoms with Gasteiger partial charge in [-0.3, -0.25) is 0 Å². The predicted octanol–water partition coefficient (Wildman–Crippen LogP) is 6.69. The van der Waals surface area contributed by atoms with E-state index in [4.69, 9.17) is 14.2 Å². The van der Waals surface area contributed by atoms with Crippen LogP contribution in [0.2, 0.25) is 0 Å². The fraction of sp³-hybridized carbons (Fsp3) is 0.684. The molecule has 0 bridgehead atoms. The van der Waals surface area contributed by atoms with E-state index in [2.05, 4.69) is 34.6 Å². The van der Waals surface area contributed by atoms with Gasteiger partial charge in [0.1, 0.15) is 18.9 Å². The second-order valence-electron chi connectivity index (χ2n) is 13.5. The molecule has 0 saturated carbocycles. The number of rotatable bonds is 21. The van der Waals surface area contributed by atoms with E-state index in [1.54, 1.807) is 6.07 Å². The molecule has 0 spiro atoms. The molecule has 3 rings (SSSR count). The van der Waals surface area contributed by atoms with Gasteiger partial charge in [-0.1, -0.05) is 51.7 Å². The van der Waals surface area contributed by atoms with Gasteiger partial charge in [0.2, 0.25) is 0 Å². The van der Waals surface area contributed by atoms with Gasteiger partial charge in [0.15, 0.2) is 9.84 Å². The van der Waals surface area contributed by atoms with Crippen LogP contribution in [-0.2, 0) is 19.3 Å². The molecule has 0 radical (unpaired) electrons. The molecule has 2 aromatic rings. The number of unbranched alkanes of at least 4 members (excludes halogenated alkanes) is 2. The van der Waals surface area contributed by atoms with E-state index in [0.29, 0.717) is 55.5 Å². The topological polar surface area (TPSA) is 85.3 Å². The van der Waals surface area contributed by atoms with Crippen LogP contribution in [-0.4, -0.2) is 103 Å². The second kappa shape index (κ2) is 18.6. The van der Waals surface area contributed by atoms with Gasteiger partial charge in [0, 0.05) is 31.1 Å². The van der Waals surface area contributed by atoms with Crippen LogP contribution in [0.1, 0.15) is 90.2 Å². The van der Waals surface area contributed by atoms with Crippen molar-refractivity contribution in [2.45, 2.75) is 90.1 Å². The van der Waals surface area contributed by atoms with Crippen LogP contribution in [0.3, 0.4) is 0 Å². The first-order valence-electron chi connectivity index (χ1n) is 18.0. The molecule has 1 N–H and O–H groups in total. The minimum atomic E-state index is -3.63. The number of quaternary nitrogens is 1. The second-order valence-corrected chi connectivity index (χ2v) is 15.5. The maximum atomic E-state index is 14.0. The lowest BCUT2D eigenvalue weighted by molar-refractivity contribution is -0.923. The Morgan fingerprint density at radius 1 is 0.830 bits per heavy atom. The molecule has 8 nitrogen and oxygen atoms in total. The molecule has 0 saturated heterocycles. The lowest BCUT2D eigenvalue weighted by Crippen LogP contribution is -2.49. The first kappa shape index (κ1) is 39.3. The molecular formula is C38H63N2O6S+. The lowest BCUT2D eigenvalue weighted by atomic mass is 9.68. The van der Waals surface area contributed by atoms with Gasteiger partial charge < -0.3 is 28.7 Å². The third kappa shape index (κ3) is 10.2. The number of hydrogen-bond donors (Lipinski definition) is 1. The molecule has 0 fully saturated rings. The number of anilines is 1. The molecule has 47 heavy (non-hydrogen) atoms. The monoisotopic (exact) mass is 675 g/mol. The molecule has 2 aromatic carbocycles. The Balaban J connectivity index is 1.73. The van der Waals surface area contributed by atoms with E-state index in [9.17, 15) is 13.5 Å². The fourth-order valence-electron chi connectivity index (χ4n) is 7.11. The van der Waals surface area contributed by atoms with Crippen LogP contribution in [0.15, 0.2) is 47.4 Å². The maximum absolute atomic E-state index is 14.0. The maximum Gasteiger partial charge on any atom is 0.179 e. The van der Waals surface area contributed by atoms with Crippen LogP contribution in [0, 0.1) is 5.41 Å². The third-order valence-corrected chi connectivity index (χ3v) is 12.5. The summed E-state index contributed by atoms with van der Waals surface area (Å²) in [6, 6.07) is 13.4. The summed E-state index contributed by atoms with van der Waals surface area (Å²) in [5, 5.41) is 12.4. The number of benzene rings is 2. The number of likely N-dealkylation sites (N-methyl/N-ethyl adjacent to an activating group) is 1. The lowest BCUT2D eigenvalue weighted by Gasteiger charge is -2.40. The molecule has 1 aliphatic heterocycles. The van der Waals surface area contributed by atoms with Gasteiger partial charge >= 0.3 is 0 Å². The zero-order chi connectivity index (χ0) is 34.5. The zero-order valence-corrected chi connectivity index (χ0v) is 31.1. The quantitative estimate of drug-likeness (QED) is 0.117. The highest BCUT2D eigenvalue weighted by Crippen LogP contribution is 2.50. The normalized spacial score (nSPS) is 18.8. The van der Waals surface area contributed by atoms with Gasteiger partial charge in [-0.15, -0.1) is 0 Å². The van der Waals surface area contributed by atoms with Gasteiger partial charge in [-0.05, 0) is 75.1 Å². The highest BCUT2D eigenvalue weighted by Gasteiger charge is 2.49. The average Bonchev–Trinajstić information content (AvgIpc) is 3.14. The summed E-state index contributed by atoms with van der Waals surface area (Å²) in [6.07, 6.45) is 4.15. The van der Waals surface area contributed by atoms with E-state index in [1.165, 1.54) is 0 Å². The van der Waals surface area contributed by atoms with Crippen molar-refractivity contribution < 1.29 is 32.2 Å². The molecule has 1 heterocycles. The first-order valence-corrected chi connectivity index (χ1v) is 19.6. The summed E-state index contributed by atoms with van der Waals surface area (Å²) in [5.74, 6) is 0.195.